The number of hydrogen-bond acceptors (Lipinski definition) is 6. The summed E-state index contributed by atoms with van der Waals surface area (Å²) >= 11 is 0. The van der Waals surface area contributed by atoms with Crippen molar-refractivity contribution in [3.05, 3.63) is 12.1 Å². The van der Waals surface area contributed by atoms with Gasteiger partial charge in [-0.3, -0.25) is 4.79 Å². The second-order valence-corrected chi connectivity index (χ2v) is 6.24. The minimum Gasteiger partial charge on any atom is -0.495 e. The maximum Gasteiger partial charge on any atom is 0.221 e. The molecule has 1 unspecified atom stereocenters. The third-order valence-electron chi connectivity index (χ3n) is 2.55. The van der Waals surface area contributed by atoms with Gasteiger partial charge in [0, 0.05) is 13.0 Å². The largest absolute Gasteiger partial charge is 0.495 e. The Labute approximate surface area is 117 Å². The highest BCUT2D eigenvalue weighted by Crippen LogP contribution is 2.36. The lowest BCUT2D eigenvalue weighted by atomic mass is 10.2. The summed E-state index contributed by atoms with van der Waals surface area (Å²) in [6.45, 7) is 2.42. The monoisotopic (exact) mass is 303 g/mol. The van der Waals surface area contributed by atoms with E-state index < -0.39 is 15.3 Å². The van der Waals surface area contributed by atoms with E-state index in [1.54, 1.807) is 0 Å². The van der Waals surface area contributed by atoms with E-state index in [9.17, 15) is 18.3 Å². The molecule has 0 fully saturated rings. The van der Waals surface area contributed by atoms with Gasteiger partial charge in [-0.15, -0.1) is 0 Å². The molecule has 1 aromatic rings. The normalized spacial score (nSPS) is 12.7. The number of anilines is 1. The zero-order valence-electron chi connectivity index (χ0n) is 11.6. The number of carbonyl (C=O) groups is 1. The van der Waals surface area contributed by atoms with E-state index in [2.05, 4.69) is 5.32 Å². The third-order valence-corrected chi connectivity index (χ3v) is 4.38. The molecule has 112 valence electrons. The number of amides is 1. The van der Waals surface area contributed by atoms with E-state index in [0.717, 1.165) is 6.92 Å². The molecule has 7 nitrogen and oxygen atoms in total. The molecule has 0 aromatic heterocycles. The molecular formula is C12H17NO6S. The van der Waals surface area contributed by atoms with Gasteiger partial charge in [0.25, 0.3) is 0 Å². The average molecular weight is 303 g/mol. The second kappa shape index (κ2) is 6.10. The van der Waals surface area contributed by atoms with Crippen molar-refractivity contribution >= 4 is 21.4 Å². The van der Waals surface area contributed by atoms with Crippen LogP contribution in [0, 0.1) is 0 Å². The Hall–Kier alpha value is -1.80. The number of carbonyl (C=O) groups excluding carboxylic acids is 1. The van der Waals surface area contributed by atoms with E-state index in [1.807, 2.05) is 0 Å². The number of sulfone groups is 1. The van der Waals surface area contributed by atoms with Gasteiger partial charge in [0.1, 0.15) is 16.4 Å². The molecule has 1 aromatic carbocycles. The van der Waals surface area contributed by atoms with Crippen LogP contribution in [0.5, 0.6) is 11.5 Å². The number of rotatable bonds is 5. The smallest absolute Gasteiger partial charge is 0.221 e. The summed E-state index contributed by atoms with van der Waals surface area (Å²) in [5.74, 6) is -0.104. The van der Waals surface area contributed by atoms with Crippen molar-refractivity contribution in [3.63, 3.8) is 0 Å². The van der Waals surface area contributed by atoms with Crippen molar-refractivity contribution in [2.24, 2.45) is 0 Å². The summed E-state index contributed by atoms with van der Waals surface area (Å²) in [6.07, 6.45) is 0. The highest BCUT2D eigenvalue weighted by Gasteiger charge is 2.27. The highest BCUT2D eigenvalue weighted by atomic mass is 32.2. The molecule has 2 N–H and O–H groups in total. The summed E-state index contributed by atoms with van der Waals surface area (Å²) in [6, 6.07) is 2.53. The Morgan fingerprint density at radius 3 is 2.20 bits per heavy atom. The number of aliphatic hydroxyl groups excluding tert-OH is 1. The predicted molar refractivity (Wildman–Crippen MR) is 72.7 cm³/mol. The van der Waals surface area contributed by atoms with Gasteiger partial charge < -0.3 is 19.9 Å². The maximum absolute atomic E-state index is 12.1. The van der Waals surface area contributed by atoms with Crippen LogP contribution < -0.4 is 14.8 Å². The fourth-order valence-electron chi connectivity index (χ4n) is 1.56. The Kier molecular flexibility index (Phi) is 4.96. The van der Waals surface area contributed by atoms with Crippen molar-refractivity contribution < 1.29 is 27.8 Å². The summed E-state index contributed by atoms with van der Waals surface area (Å²) in [5, 5.41) is 11.9. The van der Waals surface area contributed by atoms with E-state index in [1.165, 1.54) is 33.3 Å². The average Bonchev–Trinajstić information content (AvgIpc) is 2.37. The Bertz CT molecular complexity index is 609. The molecule has 8 heteroatoms. The fourth-order valence-corrected chi connectivity index (χ4v) is 2.64. The van der Waals surface area contributed by atoms with Crippen molar-refractivity contribution in [2.45, 2.75) is 24.2 Å². The molecule has 0 heterocycles. The molecule has 0 saturated carbocycles. The van der Waals surface area contributed by atoms with Crippen molar-refractivity contribution in [3.8, 4) is 11.5 Å². The Balaban J connectivity index is 3.55. The Morgan fingerprint density at radius 1 is 1.25 bits per heavy atom. The third kappa shape index (κ3) is 3.20. The summed E-state index contributed by atoms with van der Waals surface area (Å²) in [7, 11) is -1.30. The van der Waals surface area contributed by atoms with Crippen molar-refractivity contribution in [1.82, 2.24) is 0 Å². The molecule has 1 amide bonds. The quantitative estimate of drug-likeness (QED) is 0.833. The van der Waals surface area contributed by atoms with E-state index in [-0.39, 0.29) is 28.0 Å². The molecule has 0 saturated heterocycles. The number of nitrogens with one attached hydrogen (secondary N) is 1. The first kappa shape index (κ1) is 16.3. The first-order chi connectivity index (χ1) is 9.23. The van der Waals surface area contributed by atoms with Crippen LogP contribution in [0.25, 0.3) is 0 Å². The van der Waals surface area contributed by atoms with Gasteiger partial charge in [0.2, 0.25) is 15.7 Å². The van der Waals surface area contributed by atoms with Gasteiger partial charge in [-0.1, -0.05) is 0 Å². The van der Waals surface area contributed by atoms with Gasteiger partial charge in [-0.25, -0.2) is 8.42 Å². The summed E-state index contributed by atoms with van der Waals surface area (Å²) in [5.41, 5.74) is -1.42. The van der Waals surface area contributed by atoms with E-state index >= 15 is 0 Å². The topological polar surface area (TPSA) is 102 Å². The fraction of sp³-hybridized carbons (Fsp3) is 0.417. The van der Waals surface area contributed by atoms with Gasteiger partial charge in [0.15, 0.2) is 5.44 Å². The standard InChI is InChI=1S/C12H17NO6S/c1-7(14)13-9-5-12(20(16,17)8(2)15)11(19-4)6-10(9)18-3/h5-6,8,15H,1-4H3,(H,13,14). The molecule has 0 radical (unpaired) electrons. The van der Waals surface area contributed by atoms with Crippen molar-refractivity contribution in [1.29, 1.82) is 0 Å². The summed E-state index contributed by atoms with van der Waals surface area (Å²) < 4.78 is 34.2. The molecular weight excluding hydrogens is 286 g/mol. The van der Waals surface area contributed by atoms with Crippen LogP contribution in [0.4, 0.5) is 5.69 Å². The van der Waals surface area contributed by atoms with Crippen LogP contribution in [0.3, 0.4) is 0 Å². The lowest BCUT2D eigenvalue weighted by Gasteiger charge is -2.16. The van der Waals surface area contributed by atoms with Gasteiger partial charge >= 0.3 is 0 Å². The zero-order chi connectivity index (χ0) is 15.5. The molecule has 1 rings (SSSR count). The van der Waals surface area contributed by atoms with Gasteiger partial charge in [-0.05, 0) is 13.0 Å². The first-order valence-corrected chi connectivity index (χ1v) is 7.24. The molecule has 0 aliphatic heterocycles. The molecule has 0 bridgehead atoms. The predicted octanol–water partition coefficient (Wildman–Crippen LogP) is 0.774. The molecule has 0 aliphatic carbocycles. The maximum atomic E-state index is 12.1. The van der Waals surface area contributed by atoms with Crippen LogP contribution in [-0.2, 0) is 14.6 Å². The van der Waals surface area contributed by atoms with Crippen LogP contribution in [0.15, 0.2) is 17.0 Å². The minimum absolute atomic E-state index is 0.0249. The van der Waals surface area contributed by atoms with Crippen LogP contribution in [-0.4, -0.2) is 39.1 Å². The van der Waals surface area contributed by atoms with Gasteiger partial charge in [-0.2, -0.15) is 0 Å². The first-order valence-electron chi connectivity index (χ1n) is 5.69. The number of aliphatic hydroxyl groups is 1. The molecule has 0 spiro atoms. The van der Waals surface area contributed by atoms with Crippen molar-refractivity contribution in [2.75, 3.05) is 19.5 Å². The number of ether oxygens (including phenoxy) is 2. The zero-order valence-corrected chi connectivity index (χ0v) is 12.4. The van der Waals surface area contributed by atoms with Crippen LogP contribution in [0.1, 0.15) is 13.8 Å². The van der Waals surface area contributed by atoms with E-state index in [0.29, 0.717) is 0 Å². The van der Waals surface area contributed by atoms with Crippen LogP contribution in [0.2, 0.25) is 0 Å². The van der Waals surface area contributed by atoms with Gasteiger partial charge in [0.05, 0.1) is 19.9 Å². The van der Waals surface area contributed by atoms with E-state index in [4.69, 9.17) is 9.47 Å². The molecule has 0 aliphatic rings. The highest BCUT2D eigenvalue weighted by molar-refractivity contribution is 7.92. The second-order valence-electron chi connectivity index (χ2n) is 4.03. The molecule has 20 heavy (non-hydrogen) atoms. The minimum atomic E-state index is -3.98. The molecule has 1 atom stereocenters. The van der Waals surface area contributed by atoms with Crippen LogP contribution >= 0.6 is 0 Å². The summed E-state index contributed by atoms with van der Waals surface area (Å²) in [4.78, 5) is 10.9. The Morgan fingerprint density at radius 2 is 1.80 bits per heavy atom. The number of methoxy groups -OCH3 is 2. The lowest BCUT2D eigenvalue weighted by Crippen LogP contribution is -2.18. The number of hydrogen-bond donors (Lipinski definition) is 2. The SMILES string of the molecule is COc1cc(OC)c(S(=O)(=O)C(C)O)cc1NC(C)=O. The number of benzene rings is 1. The lowest BCUT2D eigenvalue weighted by molar-refractivity contribution is -0.114.